The van der Waals surface area contributed by atoms with Crippen LogP contribution < -0.4 is 0 Å². The lowest BCUT2D eigenvalue weighted by atomic mass is 10.2. The Kier molecular flexibility index (Phi) is 1.56. The molecule has 0 saturated carbocycles. The molecule has 1 aromatic rings. The van der Waals surface area contributed by atoms with Gasteiger partial charge in [-0.25, -0.2) is 4.98 Å². The Labute approximate surface area is 56.8 Å². The quantitative estimate of drug-likeness (QED) is 0.613. The van der Waals surface area contributed by atoms with Crippen LogP contribution in [0.4, 0.5) is 0 Å². The first-order valence-electron chi connectivity index (χ1n) is 3.21. The van der Waals surface area contributed by atoms with Crippen LogP contribution in [0.2, 0.25) is 0 Å². The van der Waals surface area contributed by atoms with Gasteiger partial charge >= 0.3 is 0 Å². The molecule has 0 fully saturated rings. The second-order valence-corrected chi connectivity index (χ2v) is 2.58. The maximum atomic E-state index is 4.08. The Morgan fingerprint density at radius 3 is 2.56 bits per heavy atom. The highest BCUT2D eigenvalue weighted by atomic mass is 14.9. The van der Waals surface area contributed by atoms with Crippen LogP contribution in [0.3, 0.4) is 0 Å². The second-order valence-electron chi connectivity index (χ2n) is 2.58. The summed E-state index contributed by atoms with van der Waals surface area (Å²) in [7, 11) is 0. The molecule has 2 nitrogen and oxygen atoms in total. The Hall–Kier alpha value is -0.790. The van der Waals surface area contributed by atoms with E-state index in [1.165, 1.54) is 5.69 Å². The molecule has 0 bridgehead atoms. The zero-order chi connectivity index (χ0) is 6.85. The first-order chi connectivity index (χ1) is 4.20. The van der Waals surface area contributed by atoms with Crippen LogP contribution in [0.1, 0.15) is 32.7 Å². The number of hydrogen-bond donors (Lipinski definition) is 1. The van der Waals surface area contributed by atoms with Gasteiger partial charge < -0.3 is 4.98 Å². The third kappa shape index (κ3) is 1.31. The highest BCUT2D eigenvalue weighted by Gasteiger charge is 1.99. The molecular weight excluding hydrogens is 112 g/mol. The number of imidazole rings is 1. The summed E-state index contributed by atoms with van der Waals surface area (Å²) in [5.74, 6) is 1.56. The molecule has 0 aliphatic rings. The van der Waals surface area contributed by atoms with Gasteiger partial charge in [0.05, 0.1) is 0 Å². The van der Waals surface area contributed by atoms with E-state index >= 15 is 0 Å². The summed E-state index contributed by atoms with van der Waals surface area (Å²) in [5.41, 5.74) is 1.22. The fourth-order valence-corrected chi connectivity index (χ4v) is 0.733. The molecule has 0 aromatic carbocycles. The average Bonchev–Trinajstić information content (AvgIpc) is 2.14. The van der Waals surface area contributed by atoms with Gasteiger partial charge in [-0.1, -0.05) is 13.8 Å². The number of nitrogens with one attached hydrogen (secondary N) is 1. The summed E-state index contributed by atoms with van der Waals surface area (Å²) < 4.78 is 0. The topological polar surface area (TPSA) is 28.7 Å². The zero-order valence-corrected chi connectivity index (χ0v) is 6.10. The molecule has 1 N–H and O–H groups in total. The summed E-state index contributed by atoms with van der Waals surface area (Å²) in [6.07, 6.45) is 1.89. The van der Waals surface area contributed by atoms with Gasteiger partial charge in [0.25, 0.3) is 0 Å². The average molecular weight is 126 g/mol. The molecule has 52 valence electrons. The van der Waals surface area contributed by atoms with Crippen molar-refractivity contribution in [3.8, 4) is 0 Å². The summed E-state index contributed by atoms with van der Waals surface area (Å²) in [6, 6.07) is 0. The van der Waals surface area contributed by atoms with Crippen LogP contribution in [0, 0.1) is 6.92 Å². The van der Waals surface area contributed by atoms with E-state index in [1.54, 1.807) is 0 Å². The predicted octanol–water partition coefficient (Wildman–Crippen LogP) is 2.09. The van der Waals surface area contributed by atoms with Gasteiger partial charge in [0, 0.05) is 13.3 Å². The van der Waals surface area contributed by atoms with Crippen molar-refractivity contribution in [2.45, 2.75) is 26.7 Å². The number of aryl methyl sites for hydroxylation is 1. The largest absolute Gasteiger partial charge is 0.346 e. The zero-order valence-electron chi connectivity index (χ0n) is 6.10. The van der Waals surface area contributed by atoms with Gasteiger partial charge in [-0.3, -0.25) is 0 Å². The molecule has 0 atom stereocenters. The molecule has 0 amide bonds. The lowest BCUT2D eigenvalue weighted by Crippen LogP contribution is -1.85. The fourth-order valence-electron chi connectivity index (χ4n) is 0.733. The highest BCUT2D eigenvalue weighted by molar-refractivity contribution is 5.03. The number of nitrogens with zero attached hydrogens (tertiary/aromatic N) is 1. The van der Waals surface area contributed by atoms with E-state index in [4.69, 9.17) is 0 Å². The van der Waals surface area contributed by atoms with Crippen LogP contribution in [-0.2, 0) is 0 Å². The number of aromatic nitrogens is 2. The van der Waals surface area contributed by atoms with Gasteiger partial charge in [0.2, 0.25) is 0 Å². The molecular formula is C7H14N2. The number of H-pyrrole nitrogens is 1. The first-order valence-corrected chi connectivity index (χ1v) is 3.21. The van der Waals surface area contributed by atoms with Gasteiger partial charge in [-0.15, -0.1) is 0 Å². The van der Waals surface area contributed by atoms with E-state index in [0.717, 1.165) is 5.82 Å². The molecule has 1 rings (SSSR count). The van der Waals surface area contributed by atoms with E-state index in [2.05, 4.69) is 23.8 Å². The van der Waals surface area contributed by atoms with Crippen molar-refractivity contribution in [3.05, 3.63) is 17.7 Å². The van der Waals surface area contributed by atoms with Crippen molar-refractivity contribution in [1.82, 2.24) is 9.97 Å². The Morgan fingerprint density at radius 1 is 1.67 bits per heavy atom. The Bertz CT molecular complexity index is 193. The third-order valence-electron chi connectivity index (χ3n) is 1.34. The third-order valence-corrected chi connectivity index (χ3v) is 1.34. The molecule has 0 spiro atoms. The van der Waals surface area contributed by atoms with Crippen LogP contribution in [0.25, 0.3) is 0 Å². The van der Waals surface area contributed by atoms with Gasteiger partial charge in [-0.05, 0) is 12.8 Å². The van der Waals surface area contributed by atoms with Gasteiger partial charge in [0.15, 0.2) is 0 Å². The lowest BCUT2D eigenvalue weighted by molar-refractivity contribution is 0.828. The van der Waals surface area contributed by atoms with Crippen molar-refractivity contribution in [3.63, 3.8) is 0 Å². The molecule has 1 heterocycles. The molecule has 0 saturated heterocycles. The Morgan fingerprint density at radius 2 is 2.33 bits per heavy atom. The summed E-state index contributed by atoms with van der Waals surface area (Å²) in [4.78, 5) is 7.25. The molecule has 1 aromatic heterocycles. The number of aromatic amines is 1. The predicted molar refractivity (Wildman–Crippen MR) is 39.5 cm³/mol. The maximum Gasteiger partial charge on any atom is 0.103 e. The molecule has 9 heavy (non-hydrogen) atoms. The van der Waals surface area contributed by atoms with Gasteiger partial charge in [0.1, 0.15) is 5.82 Å². The highest BCUT2D eigenvalue weighted by Crippen LogP contribution is 2.09. The molecule has 0 aliphatic carbocycles. The monoisotopic (exact) mass is 126 g/mol. The smallest absolute Gasteiger partial charge is 0.103 e. The van der Waals surface area contributed by atoms with E-state index in [9.17, 15) is 0 Å². The van der Waals surface area contributed by atoms with Crippen LogP contribution >= 0.6 is 0 Å². The summed E-state index contributed by atoms with van der Waals surface area (Å²) >= 11 is 0. The van der Waals surface area contributed by atoms with Crippen molar-refractivity contribution in [2.75, 3.05) is 0 Å². The van der Waals surface area contributed by atoms with E-state index < -0.39 is 0 Å². The van der Waals surface area contributed by atoms with Crippen molar-refractivity contribution < 1.29 is 1.43 Å². The maximum absolute atomic E-state index is 4.08. The minimum Gasteiger partial charge on any atom is -0.346 e. The van der Waals surface area contributed by atoms with E-state index in [1.807, 2.05) is 13.1 Å². The first kappa shape index (κ1) is 6.33. The molecule has 0 aliphatic heterocycles. The van der Waals surface area contributed by atoms with E-state index in [0.29, 0.717) is 5.92 Å². The number of hydrogen-bond acceptors (Lipinski definition) is 1. The van der Waals surface area contributed by atoms with Crippen molar-refractivity contribution in [1.29, 1.82) is 0 Å². The standard InChI is InChI=1S/C7H12N2.H2/c1-5(2)7-4-8-6(3)9-7;/h4-5H,1-3H3,(H,8,9);1H. The summed E-state index contributed by atoms with van der Waals surface area (Å²) in [5, 5.41) is 0. The molecule has 2 heteroatoms. The van der Waals surface area contributed by atoms with E-state index in [-0.39, 0.29) is 1.43 Å². The van der Waals surface area contributed by atoms with Crippen LogP contribution in [0.5, 0.6) is 0 Å². The normalized spacial score (nSPS) is 10.7. The fraction of sp³-hybridized carbons (Fsp3) is 0.571. The molecule has 0 radical (unpaired) electrons. The van der Waals surface area contributed by atoms with Crippen molar-refractivity contribution >= 4 is 0 Å². The molecule has 0 unspecified atom stereocenters. The second kappa shape index (κ2) is 2.21. The SMILES string of the molecule is Cc1ncc(C(C)C)[nH]1.[HH]. The van der Waals surface area contributed by atoms with Crippen LogP contribution in [0.15, 0.2) is 6.20 Å². The number of rotatable bonds is 1. The Balaban J connectivity index is 0.000000810. The minimum atomic E-state index is 0. The summed E-state index contributed by atoms with van der Waals surface area (Å²) in [6.45, 7) is 6.26. The van der Waals surface area contributed by atoms with Crippen molar-refractivity contribution in [2.24, 2.45) is 0 Å². The van der Waals surface area contributed by atoms with Crippen LogP contribution in [-0.4, -0.2) is 9.97 Å². The lowest BCUT2D eigenvalue weighted by Gasteiger charge is -1.96. The minimum absolute atomic E-state index is 0. The van der Waals surface area contributed by atoms with Gasteiger partial charge in [-0.2, -0.15) is 0 Å².